The molecule has 0 atom stereocenters. The molecular weight excluding hydrogens is 314 g/mol. The van der Waals surface area contributed by atoms with E-state index >= 15 is 0 Å². The van der Waals surface area contributed by atoms with E-state index in [4.69, 9.17) is 4.74 Å². The van der Waals surface area contributed by atoms with Crippen molar-refractivity contribution in [3.63, 3.8) is 0 Å². The highest BCUT2D eigenvalue weighted by Crippen LogP contribution is 2.27. The van der Waals surface area contributed by atoms with Crippen LogP contribution in [0.1, 0.15) is 24.2 Å². The van der Waals surface area contributed by atoms with E-state index in [9.17, 15) is 14.4 Å². The molecule has 0 radical (unpaired) electrons. The van der Waals surface area contributed by atoms with E-state index in [0.717, 1.165) is 0 Å². The van der Waals surface area contributed by atoms with Gasteiger partial charge in [-0.2, -0.15) is 0 Å². The highest BCUT2D eigenvalue weighted by atomic mass is 16.5. The number of amides is 3. The van der Waals surface area contributed by atoms with Crippen LogP contribution in [0.2, 0.25) is 0 Å². The van der Waals surface area contributed by atoms with Crippen molar-refractivity contribution >= 4 is 23.6 Å². The van der Waals surface area contributed by atoms with Crippen LogP contribution in [0, 0.1) is 0 Å². The average molecular weight is 337 g/mol. The number of hydrogen-bond donors (Lipinski definition) is 2. The van der Waals surface area contributed by atoms with Crippen LogP contribution in [-0.4, -0.2) is 56.7 Å². The molecule has 0 unspecified atom stereocenters. The number of nitrogens with zero attached hydrogens (tertiary/aromatic N) is 1. The molecular formula is C16H23N3O5. The highest BCUT2D eigenvalue weighted by molar-refractivity contribution is 5.96. The predicted molar refractivity (Wildman–Crippen MR) is 89.3 cm³/mol. The lowest BCUT2D eigenvalue weighted by atomic mass is 10.2. The van der Waals surface area contributed by atoms with E-state index in [1.165, 1.54) is 18.1 Å². The number of urea groups is 1. The maximum Gasteiger partial charge on any atom is 0.337 e. The van der Waals surface area contributed by atoms with Crippen LogP contribution in [0.3, 0.4) is 0 Å². The third-order valence-corrected chi connectivity index (χ3v) is 2.91. The number of carbonyl (C=O) groups excluding carboxylic acids is 3. The van der Waals surface area contributed by atoms with Crippen molar-refractivity contribution in [2.45, 2.75) is 20.0 Å². The second-order valence-corrected chi connectivity index (χ2v) is 5.46. The Bertz CT molecular complexity index is 614. The Balaban J connectivity index is 2.90. The summed E-state index contributed by atoms with van der Waals surface area (Å²) < 4.78 is 10.3. The molecule has 0 aromatic heterocycles. The van der Waals surface area contributed by atoms with Gasteiger partial charge in [0.15, 0.2) is 0 Å². The van der Waals surface area contributed by atoms with E-state index in [0.29, 0.717) is 11.4 Å². The normalized spacial score (nSPS) is 10.1. The molecule has 1 rings (SSSR count). The third-order valence-electron chi connectivity index (χ3n) is 2.91. The van der Waals surface area contributed by atoms with Crippen LogP contribution in [0.25, 0.3) is 0 Å². The summed E-state index contributed by atoms with van der Waals surface area (Å²) in [5.41, 5.74) is 0.578. The molecule has 0 saturated carbocycles. The Morgan fingerprint density at radius 3 is 2.42 bits per heavy atom. The first-order valence-electron chi connectivity index (χ1n) is 7.38. The van der Waals surface area contributed by atoms with Gasteiger partial charge in [-0.05, 0) is 32.0 Å². The fourth-order valence-electron chi connectivity index (χ4n) is 1.71. The number of esters is 1. The molecule has 1 aromatic carbocycles. The Morgan fingerprint density at radius 1 is 1.21 bits per heavy atom. The number of rotatable bonds is 6. The number of methoxy groups -OCH3 is 1. The summed E-state index contributed by atoms with van der Waals surface area (Å²) in [6.45, 7) is 3.54. The highest BCUT2D eigenvalue weighted by Gasteiger charge is 2.14. The maximum atomic E-state index is 12.0. The molecule has 0 aliphatic rings. The molecule has 0 heterocycles. The largest absolute Gasteiger partial charge is 0.489 e. The fourth-order valence-corrected chi connectivity index (χ4v) is 1.71. The zero-order valence-corrected chi connectivity index (χ0v) is 14.5. The van der Waals surface area contributed by atoms with Crippen molar-refractivity contribution in [1.29, 1.82) is 0 Å². The van der Waals surface area contributed by atoms with E-state index in [-0.39, 0.29) is 24.1 Å². The average Bonchev–Trinajstić information content (AvgIpc) is 2.52. The summed E-state index contributed by atoms with van der Waals surface area (Å²) in [6, 6.07) is 3.99. The molecule has 0 saturated heterocycles. The van der Waals surface area contributed by atoms with Gasteiger partial charge < -0.3 is 25.0 Å². The van der Waals surface area contributed by atoms with Gasteiger partial charge in [-0.15, -0.1) is 0 Å². The molecule has 8 nitrogen and oxygen atoms in total. The van der Waals surface area contributed by atoms with Gasteiger partial charge in [-0.3, -0.25) is 4.79 Å². The van der Waals surface area contributed by atoms with Gasteiger partial charge in [0.25, 0.3) is 0 Å². The minimum absolute atomic E-state index is 0.118. The zero-order valence-electron chi connectivity index (χ0n) is 14.5. The lowest BCUT2D eigenvalue weighted by Gasteiger charge is -2.16. The minimum atomic E-state index is -0.583. The van der Waals surface area contributed by atoms with Crippen LogP contribution >= 0.6 is 0 Å². The molecule has 0 aliphatic heterocycles. The molecule has 0 spiro atoms. The van der Waals surface area contributed by atoms with Crippen LogP contribution in [0.15, 0.2) is 18.2 Å². The number of ether oxygens (including phenoxy) is 2. The van der Waals surface area contributed by atoms with Crippen LogP contribution in [0.4, 0.5) is 10.5 Å². The SMILES string of the molecule is COC(=O)c1ccc(OC(C)C)c(NC(=O)NCC(=O)N(C)C)c1. The second kappa shape index (κ2) is 8.76. The smallest absolute Gasteiger partial charge is 0.337 e. The summed E-state index contributed by atoms with van der Waals surface area (Å²) in [5, 5.41) is 5.02. The quantitative estimate of drug-likeness (QED) is 0.766. The van der Waals surface area contributed by atoms with Gasteiger partial charge in [0, 0.05) is 14.1 Å². The van der Waals surface area contributed by atoms with Crippen molar-refractivity contribution < 1.29 is 23.9 Å². The second-order valence-electron chi connectivity index (χ2n) is 5.46. The molecule has 0 aliphatic carbocycles. The summed E-state index contributed by atoms with van der Waals surface area (Å²) in [7, 11) is 4.46. The van der Waals surface area contributed by atoms with Crippen LogP contribution in [-0.2, 0) is 9.53 Å². The van der Waals surface area contributed by atoms with E-state index in [1.54, 1.807) is 26.2 Å². The molecule has 0 fully saturated rings. The van der Waals surface area contributed by atoms with Gasteiger partial charge in [0.1, 0.15) is 5.75 Å². The number of likely N-dealkylation sites (N-methyl/N-ethyl adjacent to an activating group) is 1. The van der Waals surface area contributed by atoms with Crippen LogP contribution in [0.5, 0.6) is 5.75 Å². The first-order valence-corrected chi connectivity index (χ1v) is 7.38. The van der Waals surface area contributed by atoms with E-state index < -0.39 is 12.0 Å². The predicted octanol–water partition coefficient (Wildman–Crippen LogP) is 1.47. The molecule has 3 amide bonds. The van der Waals surface area contributed by atoms with Crippen molar-refractivity contribution in [2.24, 2.45) is 0 Å². The summed E-state index contributed by atoms with van der Waals surface area (Å²) in [6.07, 6.45) is -0.118. The molecule has 132 valence electrons. The monoisotopic (exact) mass is 337 g/mol. The first kappa shape index (κ1) is 19.3. The minimum Gasteiger partial charge on any atom is -0.489 e. The standard InChI is InChI=1S/C16H23N3O5/c1-10(2)24-13-7-6-11(15(21)23-5)8-12(13)18-16(22)17-9-14(20)19(3)4/h6-8,10H,9H2,1-5H3,(H2,17,18,22). The number of nitrogens with one attached hydrogen (secondary N) is 2. The number of hydrogen-bond acceptors (Lipinski definition) is 5. The number of anilines is 1. The van der Waals surface area contributed by atoms with Gasteiger partial charge >= 0.3 is 12.0 Å². The summed E-state index contributed by atoms with van der Waals surface area (Å²) >= 11 is 0. The summed E-state index contributed by atoms with van der Waals surface area (Å²) in [4.78, 5) is 36.5. The first-order chi connectivity index (χ1) is 11.2. The Kier molecular flexibility index (Phi) is 7.03. The molecule has 0 bridgehead atoms. The fraction of sp³-hybridized carbons (Fsp3) is 0.438. The van der Waals surface area contributed by atoms with Gasteiger partial charge in [-0.1, -0.05) is 0 Å². The van der Waals surface area contributed by atoms with Crippen molar-refractivity contribution in [2.75, 3.05) is 33.1 Å². The lowest BCUT2D eigenvalue weighted by Crippen LogP contribution is -2.38. The number of carbonyl (C=O) groups is 3. The molecule has 2 N–H and O–H groups in total. The van der Waals surface area contributed by atoms with Crippen LogP contribution < -0.4 is 15.4 Å². The molecule has 1 aromatic rings. The summed E-state index contributed by atoms with van der Waals surface area (Å²) in [5.74, 6) is -0.365. The Hall–Kier alpha value is -2.77. The Labute approximate surface area is 141 Å². The molecule has 24 heavy (non-hydrogen) atoms. The lowest BCUT2D eigenvalue weighted by molar-refractivity contribution is -0.127. The van der Waals surface area contributed by atoms with E-state index in [2.05, 4.69) is 15.4 Å². The number of benzene rings is 1. The van der Waals surface area contributed by atoms with Crippen molar-refractivity contribution in [3.8, 4) is 5.75 Å². The molecule has 8 heteroatoms. The third kappa shape index (κ3) is 5.79. The van der Waals surface area contributed by atoms with Crippen molar-refractivity contribution in [3.05, 3.63) is 23.8 Å². The van der Waals surface area contributed by atoms with Crippen molar-refractivity contribution in [1.82, 2.24) is 10.2 Å². The van der Waals surface area contributed by atoms with Gasteiger partial charge in [-0.25, -0.2) is 9.59 Å². The zero-order chi connectivity index (χ0) is 18.3. The van der Waals surface area contributed by atoms with Gasteiger partial charge in [0.05, 0.1) is 31.0 Å². The topological polar surface area (TPSA) is 97.0 Å². The maximum absolute atomic E-state index is 12.0. The Morgan fingerprint density at radius 2 is 1.88 bits per heavy atom. The van der Waals surface area contributed by atoms with E-state index in [1.807, 2.05) is 13.8 Å². The van der Waals surface area contributed by atoms with Gasteiger partial charge in [0.2, 0.25) is 5.91 Å².